The van der Waals surface area contributed by atoms with E-state index in [2.05, 4.69) is 6.07 Å². The molecule has 8 nitrogen and oxygen atoms in total. The average Bonchev–Trinajstić information content (AvgIpc) is 2.89. The molecule has 0 atom stereocenters. The quantitative estimate of drug-likeness (QED) is 0.428. The van der Waals surface area contributed by atoms with Crippen LogP contribution in [0.1, 0.15) is 51.7 Å². The first kappa shape index (κ1) is 27.3. The van der Waals surface area contributed by atoms with Gasteiger partial charge in [-0.2, -0.15) is 5.26 Å². The SMILES string of the molecule is CCOC(=O)C1=C(C)N(c2ccc(OCC)cc2)C(C)=C(C(=O)OCC)C1c1ccc(OC)c(C#N)c1. The van der Waals surface area contributed by atoms with Gasteiger partial charge in [-0.15, -0.1) is 0 Å². The zero-order valence-corrected chi connectivity index (χ0v) is 22.1. The van der Waals surface area contributed by atoms with Gasteiger partial charge in [-0.05, 0) is 76.6 Å². The standard InChI is InChI=1S/C29H32N2O6/c1-7-35-23-13-11-22(12-14-23)31-18(4)25(28(32)36-8-2)27(26(19(31)5)29(33)37-9-3)20-10-15-24(34-6)21(16-20)17-30/h10-16,27H,7-9H2,1-6H3. The zero-order chi connectivity index (χ0) is 27.1. The second-order valence-electron chi connectivity index (χ2n) is 8.21. The number of methoxy groups -OCH3 is 1. The Balaban J connectivity index is 2.31. The molecule has 2 aromatic carbocycles. The van der Waals surface area contributed by atoms with Gasteiger partial charge in [0, 0.05) is 17.1 Å². The second kappa shape index (κ2) is 12.1. The number of nitrogens with zero attached hydrogens (tertiary/aromatic N) is 2. The first-order valence-electron chi connectivity index (χ1n) is 12.2. The van der Waals surface area contributed by atoms with Gasteiger partial charge in [0.15, 0.2) is 0 Å². The van der Waals surface area contributed by atoms with Crippen molar-refractivity contribution < 1.29 is 28.5 Å². The number of hydrogen-bond donors (Lipinski definition) is 0. The molecular formula is C29H32N2O6. The van der Waals surface area contributed by atoms with Crippen LogP contribution in [0.15, 0.2) is 65.0 Å². The molecule has 2 aromatic rings. The van der Waals surface area contributed by atoms with Crippen molar-refractivity contribution in [1.82, 2.24) is 0 Å². The molecule has 0 unspecified atom stereocenters. The number of benzene rings is 2. The topological polar surface area (TPSA) is 98.1 Å². The van der Waals surface area contributed by atoms with E-state index in [1.807, 2.05) is 49.9 Å². The van der Waals surface area contributed by atoms with Crippen LogP contribution < -0.4 is 14.4 Å². The highest BCUT2D eigenvalue weighted by molar-refractivity contribution is 6.01. The van der Waals surface area contributed by atoms with Crippen molar-refractivity contribution in [1.29, 1.82) is 5.26 Å². The lowest BCUT2D eigenvalue weighted by Crippen LogP contribution is -2.35. The van der Waals surface area contributed by atoms with Crippen LogP contribution in [0.25, 0.3) is 0 Å². The molecule has 0 amide bonds. The maximum Gasteiger partial charge on any atom is 0.336 e. The summed E-state index contributed by atoms with van der Waals surface area (Å²) in [7, 11) is 1.48. The molecule has 0 bridgehead atoms. The maximum absolute atomic E-state index is 13.4. The molecule has 0 saturated heterocycles. The highest BCUT2D eigenvalue weighted by Gasteiger charge is 2.41. The number of carbonyl (C=O) groups is 2. The lowest BCUT2D eigenvalue weighted by molar-refractivity contribution is -0.139. The number of hydrogen-bond acceptors (Lipinski definition) is 8. The summed E-state index contributed by atoms with van der Waals surface area (Å²) in [6, 6.07) is 14.6. The molecule has 3 rings (SSSR count). The van der Waals surface area contributed by atoms with Crippen LogP contribution in [0.5, 0.6) is 11.5 Å². The summed E-state index contributed by atoms with van der Waals surface area (Å²) >= 11 is 0. The van der Waals surface area contributed by atoms with E-state index in [1.54, 1.807) is 32.0 Å². The molecule has 37 heavy (non-hydrogen) atoms. The van der Waals surface area contributed by atoms with Crippen LogP contribution in [0.3, 0.4) is 0 Å². The van der Waals surface area contributed by atoms with Crippen molar-refractivity contribution in [2.75, 3.05) is 31.8 Å². The Labute approximate surface area is 217 Å². The van der Waals surface area contributed by atoms with Crippen LogP contribution in [0, 0.1) is 11.3 Å². The molecule has 0 aromatic heterocycles. The Kier molecular flexibility index (Phi) is 8.96. The first-order chi connectivity index (χ1) is 17.8. The summed E-state index contributed by atoms with van der Waals surface area (Å²) in [5.41, 5.74) is 3.40. The van der Waals surface area contributed by atoms with E-state index in [1.165, 1.54) is 7.11 Å². The maximum atomic E-state index is 13.4. The van der Waals surface area contributed by atoms with Crippen molar-refractivity contribution in [3.8, 4) is 17.6 Å². The third-order valence-electron chi connectivity index (χ3n) is 6.10. The smallest absolute Gasteiger partial charge is 0.336 e. The van der Waals surface area contributed by atoms with E-state index >= 15 is 0 Å². The van der Waals surface area contributed by atoms with Gasteiger partial charge in [-0.3, -0.25) is 0 Å². The molecule has 0 fully saturated rings. The fourth-order valence-corrected chi connectivity index (χ4v) is 4.57. The fraction of sp³-hybridized carbons (Fsp3) is 0.345. The molecule has 194 valence electrons. The van der Waals surface area contributed by atoms with Crippen molar-refractivity contribution in [2.24, 2.45) is 0 Å². The zero-order valence-electron chi connectivity index (χ0n) is 22.1. The Hall–Kier alpha value is -4.25. The van der Waals surface area contributed by atoms with E-state index < -0.39 is 17.9 Å². The monoisotopic (exact) mass is 504 g/mol. The lowest BCUT2D eigenvalue weighted by atomic mass is 9.79. The summed E-state index contributed by atoms with van der Waals surface area (Å²) in [5.74, 6) is -0.804. The molecule has 8 heteroatoms. The minimum Gasteiger partial charge on any atom is -0.495 e. The van der Waals surface area contributed by atoms with E-state index in [9.17, 15) is 14.9 Å². The highest BCUT2D eigenvalue weighted by Crippen LogP contribution is 2.45. The molecule has 0 saturated carbocycles. The predicted octanol–water partition coefficient (Wildman–Crippen LogP) is 5.24. The minimum atomic E-state index is -0.810. The first-order valence-corrected chi connectivity index (χ1v) is 12.2. The molecule has 0 spiro atoms. The van der Waals surface area contributed by atoms with Crippen LogP contribution in [-0.2, 0) is 19.1 Å². The van der Waals surface area contributed by atoms with Crippen molar-refractivity contribution in [3.05, 3.63) is 76.1 Å². The summed E-state index contributed by atoms with van der Waals surface area (Å²) in [6.45, 7) is 9.85. The third kappa shape index (κ3) is 5.46. The third-order valence-corrected chi connectivity index (χ3v) is 6.10. The molecule has 1 aliphatic rings. The largest absolute Gasteiger partial charge is 0.495 e. The van der Waals surface area contributed by atoms with Crippen LogP contribution in [0.4, 0.5) is 5.69 Å². The van der Waals surface area contributed by atoms with Gasteiger partial charge in [0.05, 0.1) is 49.6 Å². The van der Waals surface area contributed by atoms with Crippen LogP contribution >= 0.6 is 0 Å². The Morgan fingerprint density at radius 2 is 1.46 bits per heavy atom. The van der Waals surface area contributed by atoms with Crippen molar-refractivity contribution in [3.63, 3.8) is 0 Å². The summed E-state index contributed by atoms with van der Waals surface area (Å²) in [6.07, 6.45) is 0. The number of allylic oxidation sites excluding steroid dienone is 2. The van der Waals surface area contributed by atoms with E-state index in [4.69, 9.17) is 18.9 Å². The van der Waals surface area contributed by atoms with Gasteiger partial charge in [0.2, 0.25) is 0 Å². The van der Waals surface area contributed by atoms with Gasteiger partial charge < -0.3 is 23.8 Å². The van der Waals surface area contributed by atoms with Crippen molar-refractivity contribution >= 4 is 17.6 Å². The number of carbonyl (C=O) groups excluding carboxylic acids is 2. The summed E-state index contributed by atoms with van der Waals surface area (Å²) in [5, 5.41) is 9.69. The van der Waals surface area contributed by atoms with Gasteiger partial charge in [-0.25, -0.2) is 9.59 Å². The molecule has 1 aliphatic heterocycles. The second-order valence-corrected chi connectivity index (χ2v) is 8.21. The van der Waals surface area contributed by atoms with Gasteiger partial charge in [-0.1, -0.05) is 6.07 Å². The summed E-state index contributed by atoms with van der Waals surface area (Å²) in [4.78, 5) is 28.7. The van der Waals surface area contributed by atoms with Gasteiger partial charge in [0.1, 0.15) is 17.6 Å². The molecule has 0 aliphatic carbocycles. The van der Waals surface area contributed by atoms with Gasteiger partial charge in [0.25, 0.3) is 0 Å². The normalized spacial score (nSPS) is 13.8. The van der Waals surface area contributed by atoms with Crippen molar-refractivity contribution in [2.45, 2.75) is 40.5 Å². The number of esters is 2. The molecule has 1 heterocycles. The summed E-state index contributed by atoms with van der Waals surface area (Å²) < 4.78 is 21.8. The molecular weight excluding hydrogens is 472 g/mol. The van der Waals surface area contributed by atoms with Gasteiger partial charge >= 0.3 is 11.9 Å². The molecule has 0 radical (unpaired) electrons. The number of ether oxygens (including phenoxy) is 4. The lowest BCUT2D eigenvalue weighted by Gasteiger charge is -2.38. The fourth-order valence-electron chi connectivity index (χ4n) is 4.57. The predicted molar refractivity (Wildman–Crippen MR) is 139 cm³/mol. The number of nitriles is 1. The Morgan fingerprint density at radius 1 is 0.892 bits per heavy atom. The van der Waals surface area contributed by atoms with E-state index in [-0.39, 0.29) is 18.8 Å². The number of anilines is 1. The highest BCUT2D eigenvalue weighted by atomic mass is 16.5. The van der Waals surface area contributed by atoms with Crippen LogP contribution in [-0.4, -0.2) is 38.9 Å². The number of rotatable bonds is 9. The average molecular weight is 505 g/mol. The van der Waals surface area contributed by atoms with E-state index in [0.29, 0.717) is 46.2 Å². The Bertz CT molecular complexity index is 1230. The van der Waals surface area contributed by atoms with Crippen LogP contribution in [0.2, 0.25) is 0 Å². The van der Waals surface area contributed by atoms with E-state index in [0.717, 1.165) is 5.69 Å². The minimum absolute atomic E-state index is 0.162. The molecule has 0 N–H and O–H groups in total. The Morgan fingerprint density at radius 3 is 1.92 bits per heavy atom.